The number of anilines is 1. The number of amides is 2. The van der Waals surface area contributed by atoms with Gasteiger partial charge in [-0.25, -0.2) is 4.98 Å². The van der Waals surface area contributed by atoms with E-state index in [0.29, 0.717) is 47.4 Å². The third-order valence-corrected chi connectivity index (χ3v) is 8.18. The highest BCUT2D eigenvalue weighted by Crippen LogP contribution is 2.33. The molecule has 0 radical (unpaired) electrons. The molecule has 37 heavy (non-hydrogen) atoms. The van der Waals surface area contributed by atoms with Crippen molar-refractivity contribution in [3.63, 3.8) is 0 Å². The van der Waals surface area contributed by atoms with Crippen LogP contribution in [0.1, 0.15) is 46.4 Å². The molecule has 2 N–H and O–H groups in total. The number of benzene rings is 2. The molecule has 2 amide bonds. The fourth-order valence-corrected chi connectivity index (χ4v) is 6.14. The Balaban J connectivity index is 1.24. The maximum absolute atomic E-state index is 13.5. The Bertz CT molecular complexity index is 1360. The number of aromatic nitrogens is 1. The monoisotopic (exact) mass is 522 g/mol. The number of fused-ring (bicyclic) bond motifs is 2. The van der Waals surface area contributed by atoms with Crippen molar-refractivity contribution in [1.29, 1.82) is 0 Å². The quantitative estimate of drug-likeness (QED) is 0.471. The van der Waals surface area contributed by atoms with E-state index in [1.165, 1.54) is 25.6 Å². The second-order valence-corrected chi connectivity index (χ2v) is 10.6. The number of nitrogens with zero attached hydrogens (tertiary/aromatic N) is 3. The summed E-state index contributed by atoms with van der Waals surface area (Å²) in [5, 5.41) is 0.478. The molecule has 2 saturated heterocycles. The number of piperidine rings is 1. The molecule has 2 aliphatic rings. The predicted octanol–water partition coefficient (Wildman–Crippen LogP) is 3.62. The van der Waals surface area contributed by atoms with Gasteiger partial charge in [0.05, 0.1) is 36.0 Å². The standard InChI is InChI=1S/C27H30N4O5S/c1-35-18-6-8-23(36-2)19(13-18)22(32)7-10-25(33)30-14-17-4-3-11-31(21(17)15-30)26(34)16-5-9-24-20(12-16)29-27(28)37-24/h5-6,8-9,12-13,17,21H,3-4,7,10-11,14-15H2,1-2H3,(H2,28,29)/t17-,21+/m1/s1. The maximum atomic E-state index is 13.5. The van der Waals surface area contributed by atoms with E-state index in [-0.39, 0.29) is 42.4 Å². The number of nitrogens with two attached hydrogens (primary N) is 1. The van der Waals surface area contributed by atoms with Crippen molar-refractivity contribution >= 4 is 44.3 Å². The van der Waals surface area contributed by atoms with Gasteiger partial charge in [0.15, 0.2) is 10.9 Å². The minimum Gasteiger partial charge on any atom is -0.497 e. The molecule has 5 rings (SSSR count). The van der Waals surface area contributed by atoms with Crippen LogP contribution in [0.5, 0.6) is 11.5 Å². The van der Waals surface area contributed by atoms with Gasteiger partial charge in [0, 0.05) is 38.0 Å². The molecular formula is C27H30N4O5S. The van der Waals surface area contributed by atoms with Gasteiger partial charge in [-0.3, -0.25) is 14.4 Å². The molecule has 0 aliphatic carbocycles. The summed E-state index contributed by atoms with van der Waals surface area (Å²) < 4.78 is 11.5. The first-order valence-electron chi connectivity index (χ1n) is 12.4. The van der Waals surface area contributed by atoms with E-state index in [0.717, 1.165) is 23.1 Å². The van der Waals surface area contributed by atoms with E-state index in [9.17, 15) is 14.4 Å². The summed E-state index contributed by atoms with van der Waals surface area (Å²) in [7, 11) is 3.04. The molecule has 10 heteroatoms. The van der Waals surface area contributed by atoms with Crippen LogP contribution >= 0.6 is 11.3 Å². The van der Waals surface area contributed by atoms with Gasteiger partial charge in [0.1, 0.15) is 11.5 Å². The number of ketones is 1. The predicted molar refractivity (Wildman–Crippen MR) is 141 cm³/mol. The smallest absolute Gasteiger partial charge is 0.254 e. The third-order valence-electron chi connectivity index (χ3n) is 7.32. The highest BCUT2D eigenvalue weighted by atomic mass is 32.1. The molecule has 2 aliphatic heterocycles. The Labute approximate surface area is 219 Å². The first kappa shape index (κ1) is 25.0. The van der Waals surface area contributed by atoms with Gasteiger partial charge >= 0.3 is 0 Å². The summed E-state index contributed by atoms with van der Waals surface area (Å²) in [6.07, 6.45) is 2.05. The van der Waals surface area contributed by atoms with E-state index in [4.69, 9.17) is 15.2 Å². The van der Waals surface area contributed by atoms with E-state index < -0.39 is 0 Å². The lowest BCUT2D eigenvalue weighted by Crippen LogP contribution is -2.48. The normalized spacial score (nSPS) is 19.1. The highest BCUT2D eigenvalue weighted by Gasteiger charge is 2.42. The van der Waals surface area contributed by atoms with Crippen molar-refractivity contribution in [2.75, 3.05) is 39.6 Å². The molecule has 194 valence electrons. The number of rotatable bonds is 7. The van der Waals surface area contributed by atoms with Gasteiger partial charge < -0.3 is 25.0 Å². The first-order valence-corrected chi connectivity index (χ1v) is 13.2. The Kier molecular flexibility index (Phi) is 7.01. The number of carbonyl (C=O) groups excluding carboxylic acids is 3. The third kappa shape index (κ3) is 4.98. The van der Waals surface area contributed by atoms with Crippen LogP contribution in [0.4, 0.5) is 5.13 Å². The van der Waals surface area contributed by atoms with Crippen molar-refractivity contribution < 1.29 is 23.9 Å². The topological polar surface area (TPSA) is 115 Å². The molecule has 0 spiro atoms. The molecule has 3 heterocycles. The Morgan fingerprint density at radius 3 is 2.70 bits per heavy atom. The van der Waals surface area contributed by atoms with Gasteiger partial charge in [-0.1, -0.05) is 11.3 Å². The summed E-state index contributed by atoms with van der Waals surface area (Å²) >= 11 is 1.40. The average Bonchev–Trinajstić information content (AvgIpc) is 3.52. The molecular weight excluding hydrogens is 492 g/mol. The SMILES string of the molecule is COc1ccc(OC)c(C(=O)CCC(=O)N2C[C@H]3CCCN(C(=O)c4ccc5sc(N)nc5c4)[C@H]3C2)c1. The van der Waals surface area contributed by atoms with E-state index >= 15 is 0 Å². The Morgan fingerprint density at radius 2 is 1.92 bits per heavy atom. The fourth-order valence-electron chi connectivity index (χ4n) is 5.43. The lowest BCUT2D eigenvalue weighted by atomic mass is 9.91. The molecule has 2 aromatic carbocycles. The molecule has 9 nitrogen and oxygen atoms in total. The molecule has 1 aromatic heterocycles. The van der Waals surface area contributed by atoms with Crippen LogP contribution in [0.3, 0.4) is 0 Å². The number of hydrogen-bond acceptors (Lipinski definition) is 8. The lowest BCUT2D eigenvalue weighted by molar-refractivity contribution is -0.130. The van der Waals surface area contributed by atoms with Crippen LogP contribution in [0.15, 0.2) is 36.4 Å². The van der Waals surface area contributed by atoms with Crippen LogP contribution < -0.4 is 15.2 Å². The van der Waals surface area contributed by atoms with Crippen molar-refractivity contribution in [3.8, 4) is 11.5 Å². The van der Waals surface area contributed by atoms with Crippen LogP contribution in [0.2, 0.25) is 0 Å². The zero-order valence-electron chi connectivity index (χ0n) is 20.9. The number of likely N-dealkylation sites (tertiary alicyclic amines) is 2. The summed E-state index contributed by atoms with van der Waals surface area (Å²) in [5.74, 6) is 0.957. The van der Waals surface area contributed by atoms with Crippen LogP contribution in [-0.4, -0.2) is 72.3 Å². The van der Waals surface area contributed by atoms with Crippen molar-refractivity contribution in [1.82, 2.24) is 14.8 Å². The number of nitrogen functional groups attached to an aromatic ring is 1. The first-order chi connectivity index (χ1) is 17.9. The highest BCUT2D eigenvalue weighted by molar-refractivity contribution is 7.22. The van der Waals surface area contributed by atoms with E-state index in [2.05, 4.69) is 4.98 Å². The summed E-state index contributed by atoms with van der Waals surface area (Å²) in [6, 6.07) is 10.5. The second kappa shape index (κ2) is 10.4. The second-order valence-electron chi connectivity index (χ2n) is 9.49. The van der Waals surface area contributed by atoms with Gasteiger partial charge in [0.25, 0.3) is 5.91 Å². The van der Waals surface area contributed by atoms with E-state index in [1.54, 1.807) is 29.2 Å². The Morgan fingerprint density at radius 1 is 1.08 bits per heavy atom. The van der Waals surface area contributed by atoms with Gasteiger partial charge in [0.2, 0.25) is 5.91 Å². The van der Waals surface area contributed by atoms with Gasteiger partial charge in [-0.2, -0.15) is 0 Å². The summed E-state index contributed by atoms with van der Waals surface area (Å²) in [4.78, 5) is 47.5. The molecule has 2 fully saturated rings. The Hall–Kier alpha value is -3.66. The number of Topliss-reactive ketones (excluding diaryl/α,β-unsaturated/α-hetero) is 1. The average molecular weight is 523 g/mol. The van der Waals surface area contributed by atoms with Crippen LogP contribution in [-0.2, 0) is 4.79 Å². The lowest BCUT2D eigenvalue weighted by Gasteiger charge is -2.36. The summed E-state index contributed by atoms with van der Waals surface area (Å²) in [5.41, 5.74) is 7.53. The zero-order chi connectivity index (χ0) is 26.1. The van der Waals surface area contributed by atoms with Gasteiger partial charge in [-0.05, 0) is 55.2 Å². The number of methoxy groups -OCH3 is 2. The largest absolute Gasteiger partial charge is 0.497 e. The zero-order valence-corrected chi connectivity index (χ0v) is 21.8. The van der Waals surface area contributed by atoms with Crippen molar-refractivity contribution in [2.24, 2.45) is 5.92 Å². The van der Waals surface area contributed by atoms with Gasteiger partial charge in [-0.15, -0.1) is 0 Å². The van der Waals surface area contributed by atoms with E-state index in [1.807, 2.05) is 17.0 Å². The molecule has 0 saturated carbocycles. The van der Waals surface area contributed by atoms with Crippen molar-refractivity contribution in [2.45, 2.75) is 31.7 Å². The number of carbonyl (C=O) groups is 3. The number of thiazole rings is 1. The molecule has 0 bridgehead atoms. The summed E-state index contributed by atoms with van der Waals surface area (Å²) in [6.45, 7) is 1.75. The molecule has 0 unspecified atom stereocenters. The van der Waals surface area contributed by atoms with Crippen LogP contribution in [0.25, 0.3) is 10.2 Å². The molecule has 3 aromatic rings. The number of hydrogen-bond donors (Lipinski definition) is 1. The maximum Gasteiger partial charge on any atom is 0.254 e. The van der Waals surface area contributed by atoms with Crippen molar-refractivity contribution in [3.05, 3.63) is 47.5 Å². The minimum absolute atomic E-state index is 0.0319. The van der Waals surface area contributed by atoms with Crippen LogP contribution in [0, 0.1) is 5.92 Å². The number of ether oxygens (including phenoxy) is 2. The fraction of sp³-hybridized carbons (Fsp3) is 0.407. The molecule has 2 atom stereocenters. The minimum atomic E-state index is -0.171.